The minimum atomic E-state index is -0.0378. The van der Waals surface area contributed by atoms with Gasteiger partial charge in [0, 0.05) is 50.5 Å². The smallest absolute Gasteiger partial charge is 0.240 e. The number of pyridine rings is 1. The van der Waals surface area contributed by atoms with Crippen molar-refractivity contribution >= 4 is 28.0 Å². The van der Waals surface area contributed by atoms with E-state index in [4.69, 9.17) is 4.42 Å². The van der Waals surface area contributed by atoms with Gasteiger partial charge in [-0.05, 0) is 24.3 Å². The number of anilines is 1. The van der Waals surface area contributed by atoms with Crippen LogP contribution in [0.2, 0.25) is 0 Å². The van der Waals surface area contributed by atoms with Crippen molar-refractivity contribution in [1.29, 1.82) is 0 Å². The van der Waals surface area contributed by atoms with Crippen molar-refractivity contribution in [1.82, 2.24) is 24.2 Å². The molecule has 154 valence electrons. The summed E-state index contributed by atoms with van der Waals surface area (Å²) in [6, 6.07) is 9.69. The zero-order valence-corrected chi connectivity index (χ0v) is 17.2. The average Bonchev–Trinajstić information content (AvgIpc) is 3.49. The topological polar surface area (TPSA) is 78.9 Å². The number of rotatable bonds is 6. The van der Waals surface area contributed by atoms with E-state index in [9.17, 15) is 4.79 Å². The molecule has 0 atom stereocenters. The Balaban J connectivity index is 1.09. The van der Waals surface area contributed by atoms with Gasteiger partial charge in [-0.3, -0.25) is 14.6 Å². The number of hydrogen-bond acceptors (Lipinski definition) is 7. The normalized spacial score (nSPS) is 15.6. The van der Waals surface area contributed by atoms with Crippen LogP contribution in [0.4, 0.5) is 5.13 Å². The van der Waals surface area contributed by atoms with Crippen molar-refractivity contribution in [2.45, 2.75) is 6.54 Å². The average molecular weight is 423 g/mol. The predicted octanol–water partition coefficient (Wildman–Crippen LogP) is 2.81. The first-order valence-electron chi connectivity index (χ1n) is 9.89. The van der Waals surface area contributed by atoms with E-state index in [2.05, 4.69) is 31.3 Å². The molecule has 1 aliphatic rings. The molecule has 8 nitrogen and oxygen atoms in total. The van der Waals surface area contributed by atoms with Crippen LogP contribution in [0.15, 0.2) is 58.8 Å². The first-order chi connectivity index (χ1) is 14.7. The zero-order chi connectivity index (χ0) is 20.3. The summed E-state index contributed by atoms with van der Waals surface area (Å²) in [6.07, 6.45) is 5.71. The van der Waals surface area contributed by atoms with Crippen LogP contribution in [-0.2, 0) is 11.3 Å². The molecule has 1 amide bonds. The Morgan fingerprint density at radius 1 is 1.10 bits per heavy atom. The highest BCUT2D eigenvalue weighted by Gasteiger charge is 2.20. The minimum absolute atomic E-state index is 0.0378. The standard InChI is InChI=1S/C21H22N6O2S/c28-20(24-21-23-17(15-30-21)18-4-3-11-29-18)14-26-9-7-25(8-10-26)12-16-13-27-6-2-1-5-19(27)22-16/h1-6,11,13,15H,7-10,12,14H2,(H,23,24,28). The summed E-state index contributed by atoms with van der Waals surface area (Å²) < 4.78 is 7.39. The molecule has 0 saturated carbocycles. The Labute approximate surface area is 177 Å². The molecule has 5 heterocycles. The first-order valence-corrected chi connectivity index (χ1v) is 10.8. The maximum atomic E-state index is 12.4. The van der Waals surface area contributed by atoms with Gasteiger partial charge in [-0.1, -0.05) is 6.07 Å². The zero-order valence-electron chi connectivity index (χ0n) is 16.4. The van der Waals surface area contributed by atoms with E-state index in [1.54, 1.807) is 6.26 Å². The number of imidazole rings is 1. The molecule has 30 heavy (non-hydrogen) atoms. The fourth-order valence-electron chi connectivity index (χ4n) is 3.63. The van der Waals surface area contributed by atoms with Gasteiger partial charge < -0.3 is 14.1 Å². The number of carbonyl (C=O) groups is 1. The Kier molecular flexibility index (Phi) is 5.31. The minimum Gasteiger partial charge on any atom is -0.463 e. The second-order valence-corrected chi connectivity index (χ2v) is 8.17. The number of nitrogens with one attached hydrogen (secondary N) is 1. The van der Waals surface area contributed by atoms with Gasteiger partial charge in [-0.25, -0.2) is 9.97 Å². The van der Waals surface area contributed by atoms with Crippen LogP contribution in [-0.4, -0.2) is 62.8 Å². The maximum absolute atomic E-state index is 12.4. The van der Waals surface area contributed by atoms with Crippen LogP contribution < -0.4 is 5.32 Å². The van der Waals surface area contributed by atoms with E-state index in [0.29, 0.717) is 17.4 Å². The van der Waals surface area contributed by atoms with Gasteiger partial charge in [0.1, 0.15) is 11.3 Å². The van der Waals surface area contributed by atoms with Gasteiger partial charge in [-0.2, -0.15) is 0 Å². The Bertz CT molecular complexity index is 1090. The third-order valence-corrected chi connectivity index (χ3v) is 5.91. The lowest BCUT2D eigenvalue weighted by atomic mass is 10.3. The quantitative estimate of drug-likeness (QED) is 0.515. The number of thiazole rings is 1. The highest BCUT2D eigenvalue weighted by atomic mass is 32.1. The van der Waals surface area contributed by atoms with E-state index in [1.165, 1.54) is 11.3 Å². The second kappa shape index (κ2) is 8.39. The van der Waals surface area contributed by atoms with Crippen molar-refractivity contribution < 1.29 is 9.21 Å². The lowest BCUT2D eigenvalue weighted by Crippen LogP contribution is -2.48. The Morgan fingerprint density at radius 2 is 1.97 bits per heavy atom. The van der Waals surface area contributed by atoms with Gasteiger partial charge in [0.15, 0.2) is 10.9 Å². The molecular weight excluding hydrogens is 400 g/mol. The molecule has 1 N–H and O–H groups in total. The van der Waals surface area contributed by atoms with Crippen LogP contribution in [0.5, 0.6) is 0 Å². The molecule has 0 unspecified atom stereocenters. The SMILES string of the molecule is O=C(CN1CCN(Cc2cn3ccccc3n2)CC1)Nc1nc(-c2ccco2)cs1. The Morgan fingerprint density at radius 3 is 2.77 bits per heavy atom. The highest BCUT2D eigenvalue weighted by Crippen LogP contribution is 2.25. The van der Waals surface area contributed by atoms with Gasteiger partial charge in [-0.15, -0.1) is 11.3 Å². The molecule has 0 spiro atoms. The first kappa shape index (κ1) is 19.0. The molecule has 5 rings (SSSR count). The molecule has 1 aliphatic heterocycles. The molecule has 4 aromatic heterocycles. The number of amides is 1. The molecule has 4 aromatic rings. The van der Waals surface area contributed by atoms with Gasteiger partial charge in [0.2, 0.25) is 5.91 Å². The third kappa shape index (κ3) is 4.28. The summed E-state index contributed by atoms with van der Waals surface area (Å²) in [5.74, 6) is 0.664. The number of piperazine rings is 1. The number of furan rings is 1. The van der Waals surface area contributed by atoms with E-state index in [-0.39, 0.29) is 5.91 Å². The fraction of sp³-hybridized carbons (Fsp3) is 0.286. The van der Waals surface area contributed by atoms with Gasteiger partial charge >= 0.3 is 0 Å². The monoisotopic (exact) mass is 422 g/mol. The van der Waals surface area contributed by atoms with E-state index in [1.807, 2.05) is 46.3 Å². The highest BCUT2D eigenvalue weighted by molar-refractivity contribution is 7.14. The van der Waals surface area contributed by atoms with E-state index in [0.717, 1.165) is 49.8 Å². The van der Waals surface area contributed by atoms with Crippen molar-refractivity contribution in [2.24, 2.45) is 0 Å². The summed E-state index contributed by atoms with van der Waals surface area (Å²) in [5.41, 5.74) is 2.78. The number of nitrogens with zero attached hydrogens (tertiary/aromatic N) is 5. The molecule has 1 saturated heterocycles. The van der Waals surface area contributed by atoms with Crippen LogP contribution in [0.25, 0.3) is 17.1 Å². The number of fused-ring (bicyclic) bond motifs is 1. The Hall–Kier alpha value is -3.01. The molecular formula is C21H22N6O2S. The lowest BCUT2D eigenvalue weighted by Gasteiger charge is -2.33. The molecule has 0 aliphatic carbocycles. The van der Waals surface area contributed by atoms with Crippen molar-refractivity contribution in [3.05, 3.63) is 60.1 Å². The van der Waals surface area contributed by atoms with Crippen LogP contribution in [0, 0.1) is 0 Å². The van der Waals surface area contributed by atoms with Crippen LogP contribution >= 0.6 is 11.3 Å². The molecule has 0 bridgehead atoms. The number of carbonyl (C=O) groups excluding carboxylic acids is 1. The van der Waals surface area contributed by atoms with Crippen molar-refractivity contribution in [3.8, 4) is 11.5 Å². The molecule has 0 radical (unpaired) electrons. The van der Waals surface area contributed by atoms with Crippen LogP contribution in [0.3, 0.4) is 0 Å². The van der Waals surface area contributed by atoms with E-state index >= 15 is 0 Å². The number of hydrogen-bond donors (Lipinski definition) is 1. The second-order valence-electron chi connectivity index (χ2n) is 7.31. The van der Waals surface area contributed by atoms with Gasteiger partial charge in [0.05, 0.1) is 18.5 Å². The summed E-state index contributed by atoms with van der Waals surface area (Å²) >= 11 is 1.40. The summed E-state index contributed by atoms with van der Waals surface area (Å²) in [7, 11) is 0. The lowest BCUT2D eigenvalue weighted by molar-refractivity contribution is -0.117. The molecule has 9 heteroatoms. The summed E-state index contributed by atoms with van der Waals surface area (Å²) in [6.45, 7) is 4.75. The predicted molar refractivity (Wildman–Crippen MR) is 115 cm³/mol. The third-order valence-electron chi connectivity index (χ3n) is 5.16. The fourth-order valence-corrected chi connectivity index (χ4v) is 4.34. The number of aromatic nitrogens is 3. The molecule has 0 aromatic carbocycles. The van der Waals surface area contributed by atoms with Crippen molar-refractivity contribution in [3.63, 3.8) is 0 Å². The van der Waals surface area contributed by atoms with Crippen LogP contribution in [0.1, 0.15) is 5.69 Å². The summed E-state index contributed by atoms with van der Waals surface area (Å²) in [5, 5.41) is 5.37. The maximum Gasteiger partial charge on any atom is 0.240 e. The molecule has 1 fully saturated rings. The largest absolute Gasteiger partial charge is 0.463 e. The summed E-state index contributed by atoms with van der Waals surface area (Å²) in [4.78, 5) is 26.1. The van der Waals surface area contributed by atoms with Gasteiger partial charge in [0.25, 0.3) is 0 Å². The van der Waals surface area contributed by atoms with E-state index < -0.39 is 0 Å². The van der Waals surface area contributed by atoms with Crippen molar-refractivity contribution in [2.75, 3.05) is 38.0 Å².